The molecule has 1 atom stereocenters. The largest absolute Gasteiger partial charge is 0.403 e. The van der Waals surface area contributed by atoms with Crippen molar-refractivity contribution in [2.24, 2.45) is 4.99 Å². The molecule has 1 saturated heterocycles. The van der Waals surface area contributed by atoms with Crippen LogP contribution in [-0.4, -0.2) is 101 Å². The average molecular weight is 530 g/mol. The summed E-state index contributed by atoms with van der Waals surface area (Å²) >= 11 is 0. The summed E-state index contributed by atoms with van der Waals surface area (Å²) in [4.78, 5) is 7.76. The second-order valence-electron chi connectivity index (χ2n) is 6.22. The zero-order chi connectivity index (χ0) is 19.8. The maximum absolute atomic E-state index is 12.8. The summed E-state index contributed by atoms with van der Waals surface area (Å²) < 4.78 is 65.7. The van der Waals surface area contributed by atoms with Gasteiger partial charge in [0.15, 0.2) is 5.96 Å². The Kier molecular flexibility index (Phi) is 12.1. The van der Waals surface area contributed by atoms with Gasteiger partial charge in [-0.15, -0.1) is 24.0 Å². The van der Waals surface area contributed by atoms with Gasteiger partial charge in [0.1, 0.15) is 15.9 Å². The number of piperazine rings is 1. The smallest absolute Gasteiger partial charge is 0.378 e. The van der Waals surface area contributed by atoms with Gasteiger partial charge in [-0.05, 0) is 13.8 Å². The molecule has 1 aliphatic heterocycles. The molecule has 0 aromatic heterocycles. The first-order valence-electron chi connectivity index (χ1n) is 8.64. The molecule has 27 heavy (non-hydrogen) atoms. The number of halogens is 4. The monoisotopic (exact) mass is 530 g/mol. The molecule has 7 nitrogen and oxygen atoms in total. The highest BCUT2D eigenvalue weighted by Crippen LogP contribution is 2.25. The Bertz CT molecular complexity index is 553. The number of hydrogen-bond donors (Lipinski definition) is 1. The Morgan fingerprint density at radius 3 is 2.30 bits per heavy atom. The molecule has 0 radical (unpaired) electrons. The fourth-order valence-electron chi connectivity index (χ4n) is 2.48. The van der Waals surface area contributed by atoms with E-state index in [0.29, 0.717) is 45.2 Å². The molecular formula is C15H30F3IN4O3S. The van der Waals surface area contributed by atoms with E-state index >= 15 is 0 Å². The fourth-order valence-corrected chi connectivity index (χ4v) is 2.90. The van der Waals surface area contributed by atoms with Crippen LogP contribution in [0.25, 0.3) is 0 Å². The zero-order valence-corrected chi connectivity index (χ0v) is 19.1. The van der Waals surface area contributed by atoms with Crippen LogP contribution in [0.4, 0.5) is 13.2 Å². The third-order valence-electron chi connectivity index (χ3n) is 4.07. The number of sulfone groups is 1. The molecule has 1 rings (SSSR count). The Balaban J connectivity index is 0.00000676. The normalized spacial score (nSPS) is 18.1. The standard InChI is InChI=1S/C15H29F3N4O3S.HI/c1-4-19-14(20-5-10-25-11-12-26(3,23)24)22-8-6-21(7-9-22)13(2)15(16,17)18;/h13H,4-12H2,1-3H3,(H,19,20);1H. The molecule has 0 spiro atoms. The van der Waals surface area contributed by atoms with Crippen LogP contribution in [0.2, 0.25) is 0 Å². The molecule has 1 heterocycles. The lowest BCUT2D eigenvalue weighted by Gasteiger charge is -2.39. The number of rotatable bonds is 8. The molecule has 1 aliphatic rings. The summed E-state index contributed by atoms with van der Waals surface area (Å²) in [5, 5.41) is 3.13. The molecule has 0 saturated carbocycles. The molecule has 0 aliphatic carbocycles. The van der Waals surface area contributed by atoms with Crippen LogP contribution < -0.4 is 5.32 Å². The first kappa shape index (κ1) is 26.7. The number of alkyl halides is 3. The van der Waals surface area contributed by atoms with Crippen LogP contribution in [0.3, 0.4) is 0 Å². The third kappa shape index (κ3) is 10.7. The molecule has 0 bridgehead atoms. The van der Waals surface area contributed by atoms with Crippen molar-refractivity contribution < 1.29 is 26.3 Å². The summed E-state index contributed by atoms with van der Waals surface area (Å²) in [6, 6.07) is -1.45. The van der Waals surface area contributed by atoms with E-state index in [1.54, 1.807) is 0 Å². The van der Waals surface area contributed by atoms with Gasteiger partial charge in [0.05, 0.1) is 25.5 Å². The summed E-state index contributed by atoms with van der Waals surface area (Å²) in [6.45, 7) is 6.06. The van der Waals surface area contributed by atoms with E-state index < -0.39 is 22.1 Å². The Morgan fingerprint density at radius 2 is 1.81 bits per heavy atom. The molecule has 1 fully saturated rings. The zero-order valence-electron chi connectivity index (χ0n) is 16.0. The van der Waals surface area contributed by atoms with Gasteiger partial charge in [-0.1, -0.05) is 0 Å². The fraction of sp³-hybridized carbons (Fsp3) is 0.933. The Labute approximate surface area is 176 Å². The molecule has 12 heteroatoms. The van der Waals surface area contributed by atoms with Crippen LogP contribution >= 0.6 is 24.0 Å². The lowest BCUT2D eigenvalue weighted by Crippen LogP contribution is -2.56. The Hall–Kier alpha value is -0.340. The minimum Gasteiger partial charge on any atom is -0.378 e. The third-order valence-corrected chi connectivity index (χ3v) is 4.97. The van der Waals surface area contributed by atoms with Crippen molar-refractivity contribution in [1.82, 2.24) is 15.1 Å². The molecular weight excluding hydrogens is 500 g/mol. The van der Waals surface area contributed by atoms with E-state index in [1.165, 1.54) is 11.8 Å². The van der Waals surface area contributed by atoms with E-state index in [9.17, 15) is 21.6 Å². The number of nitrogens with zero attached hydrogens (tertiary/aromatic N) is 3. The minimum absolute atomic E-state index is 0. The van der Waals surface area contributed by atoms with Crippen LogP contribution in [-0.2, 0) is 14.6 Å². The highest BCUT2D eigenvalue weighted by Gasteiger charge is 2.41. The van der Waals surface area contributed by atoms with E-state index in [-0.39, 0.29) is 42.9 Å². The maximum atomic E-state index is 12.8. The second kappa shape index (κ2) is 12.3. The highest BCUT2D eigenvalue weighted by molar-refractivity contribution is 14.0. The highest BCUT2D eigenvalue weighted by atomic mass is 127. The van der Waals surface area contributed by atoms with Crippen molar-refractivity contribution >= 4 is 39.8 Å². The molecule has 1 N–H and O–H groups in total. The van der Waals surface area contributed by atoms with Gasteiger partial charge in [0, 0.05) is 39.0 Å². The summed E-state index contributed by atoms with van der Waals surface area (Å²) in [7, 11) is -3.04. The van der Waals surface area contributed by atoms with Gasteiger partial charge < -0.3 is 15.0 Å². The van der Waals surface area contributed by atoms with E-state index in [0.717, 1.165) is 6.26 Å². The number of aliphatic imine (C=N–C) groups is 1. The van der Waals surface area contributed by atoms with Gasteiger partial charge in [-0.2, -0.15) is 13.2 Å². The van der Waals surface area contributed by atoms with Crippen molar-refractivity contribution in [3.8, 4) is 0 Å². The summed E-state index contributed by atoms with van der Waals surface area (Å²) in [5.41, 5.74) is 0. The molecule has 162 valence electrons. The second-order valence-corrected chi connectivity index (χ2v) is 8.48. The summed E-state index contributed by atoms with van der Waals surface area (Å²) in [5.74, 6) is 0.606. The predicted molar refractivity (Wildman–Crippen MR) is 111 cm³/mol. The molecule has 1 unspecified atom stereocenters. The van der Waals surface area contributed by atoms with Gasteiger partial charge in [-0.25, -0.2) is 8.42 Å². The number of guanidine groups is 1. The van der Waals surface area contributed by atoms with Crippen molar-refractivity contribution in [3.05, 3.63) is 0 Å². The molecule has 0 aromatic carbocycles. The molecule has 0 aromatic rings. The molecule has 0 amide bonds. The van der Waals surface area contributed by atoms with Crippen LogP contribution in [0.5, 0.6) is 0 Å². The number of hydrogen-bond acceptors (Lipinski definition) is 5. The summed E-state index contributed by atoms with van der Waals surface area (Å²) in [6.07, 6.45) is -3.07. The van der Waals surface area contributed by atoms with E-state index in [2.05, 4.69) is 10.3 Å². The quantitative estimate of drug-likeness (QED) is 0.220. The van der Waals surface area contributed by atoms with E-state index in [4.69, 9.17) is 4.74 Å². The lowest BCUT2D eigenvalue weighted by molar-refractivity contribution is -0.181. The van der Waals surface area contributed by atoms with E-state index in [1.807, 2.05) is 11.8 Å². The topological polar surface area (TPSA) is 74.2 Å². The van der Waals surface area contributed by atoms with Crippen LogP contribution in [0.1, 0.15) is 13.8 Å². The number of nitrogens with one attached hydrogen (secondary N) is 1. The predicted octanol–water partition coefficient (Wildman–Crippen LogP) is 1.20. The van der Waals surface area contributed by atoms with Crippen molar-refractivity contribution in [1.29, 1.82) is 0 Å². The number of ether oxygens (including phenoxy) is 1. The van der Waals surface area contributed by atoms with Crippen LogP contribution in [0.15, 0.2) is 4.99 Å². The van der Waals surface area contributed by atoms with Gasteiger partial charge >= 0.3 is 6.18 Å². The van der Waals surface area contributed by atoms with Crippen LogP contribution in [0, 0.1) is 0 Å². The first-order valence-corrected chi connectivity index (χ1v) is 10.7. The SMILES string of the molecule is CCNC(=NCCOCCS(C)(=O)=O)N1CCN(C(C)C(F)(F)F)CC1.I. The maximum Gasteiger partial charge on any atom is 0.403 e. The first-order chi connectivity index (χ1) is 12.0. The van der Waals surface area contributed by atoms with Crippen molar-refractivity contribution in [3.63, 3.8) is 0 Å². The minimum atomic E-state index is -4.22. The van der Waals surface area contributed by atoms with Crippen molar-refractivity contribution in [2.75, 3.05) is 64.5 Å². The van der Waals surface area contributed by atoms with Gasteiger partial charge in [0.25, 0.3) is 0 Å². The van der Waals surface area contributed by atoms with Gasteiger partial charge in [0.2, 0.25) is 0 Å². The Morgan fingerprint density at radius 1 is 1.22 bits per heavy atom. The average Bonchev–Trinajstić information content (AvgIpc) is 2.54. The van der Waals surface area contributed by atoms with Crippen molar-refractivity contribution in [2.45, 2.75) is 26.1 Å². The lowest BCUT2D eigenvalue weighted by atomic mass is 10.2. The van der Waals surface area contributed by atoms with Gasteiger partial charge in [-0.3, -0.25) is 9.89 Å².